The molecule has 2 aromatic carbocycles. The fourth-order valence-electron chi connectivity index (χ4n) is 2.52. The third-order valence-corrected chi connectivity index (χ3v) is 4.85. The minimum absolute atomic E-state index is 0.0247. The van der Waals surface area contributed by atoms with Gasteiger partial charge in [0.15, 0.2) is 5.75 Å². The summed E-state index contributed by atoms with van der Waals surface area (Å²) in [6.07, 6.45) is 0. The molecule has 1 aliphatic heterocycles. The lowest BCUT2D eigenvalue weighted by molar-refractivity contribution is -0.225. The maximum absolute atomic E-state index is 12.4. The third kappa shape index (κ3) is 2.53. The van der Waals surface area contributed by atoms with Crippen LogP contribution in [0.25, 0.3) is 0 Å². The molecule has 8 heteroatoms. The van der Waals surface area contributed by atoms with E-state index in [0.717, 1.165) is 0 Å². The second kappa shape index (κ2) is 6.43. The quantitative estimate of drug-likeness (QED) is 0.615. The fraction of sp³-hybridized carbons (Fsp3) is 0.188. The number of nitrogens with one attached hydrogen (secondary N) is 1. The molecule has 0 radical (unpaired) electrons. The number of amides is 1. The normalized spacial score (nSPS) is 15.1. The Morgan fingerprint density at radius 2 is 1.58 bits per heavy atom. The second-order valence-corrected chi connectivity index (χ2v) is 6.05. The van der Waals surface area contributed by atoms with Crippen molar-refractivity contribution >= 4 is 40.7 Å². The first-order chi connectivity index (χ1) is 11.4. The summed E-state index contributed by atoms with van der Waals surface area (Å²) >= 11 is 19.1. The van der Waals surface area contributed by atoms with Crippen LogP contribution in [0.3, 0.4) is 0 Å². The molecule has 0 fully saturated rings. The molecule has 0 aromatic heterocycles. The van der Waals surface area contributed by atoms with Crippen LogP contribution >= 0.6 is 34.8 Å². The largest absolute Gasteiger partial charge is 0.454 e. The van der Waals surface area contributed by atoms with Crippen LogP contribution < -0.4 is 10.1 Å². The standard InChI is InChI=1S/C16H12Cl3NO4/c1-22-16(23-2)10-9(15(21)20-16)11(17)14(13(19)12(10)18)24-8-6-4-3-5-7-8/h3-7H,1-2H3,(H,20,21). The number of rotatable bonds is 4. The van der Waals surface area contributed by atoms with E-state index in [1.165, 1.54) is 14.2 Å². The van der Waals surface area contributed by atoms with Gasteiger partial charge in [0.1, 0.15) is 10.8 Å². The van der Waals surface area contributed by atoms with E-state index < -0.39 is 11.8 Å². The van der Waals surface area contributed by atoms with Crippen LogP contribution in [-0.2, 0) is 15.4 Å². The highest BCUT2D eigenvalue weighted by Gasteiger charge is 2.49. The number of hydrogen-bond acceptors (Lipinski definition) is 4. The molecule has 5 nitrogen and oxygen atoms in total. The highest BCUT2D eigenvalue weighted by molar-refractivity contribution is 6.47. The molecular formula is C16H12Cl3NO4. The van der Waals surface area contributed by atoms with Crippen LogP contribution in [0.4, 0.5) is 0 Å². The molecule has 1 amide bonds. The Hall–Kier alpha value is -1.50. The zero-order valence-corrected chi connectivity index (χ0v) is 14.9. The Labute approximate surface area is 153 Å². The molecule has 126 valence electrons. The van der Waals surface area contributed by atoms with E-state index >= 15 is 0 Å². The lowest BCUT2D eigenvalue weighted by Crippen LogP contribution is -2.42. The van der Waals surface area contributed by atoms with Crippen molar-refractivity contribution in [3.05, 3.63) is 56.5 Å². The number of fused-ring (bicyclic) bond motifs is 1. The number of ether oxygens (including phenoxy) is 3. The summed E-state index contributed by atoms with van der Waals surface area (Å²) in [5.74, 6) is -1.47. The Bertz CT molecular complexity index is 807. The SMILES string of the molecule is COC1(OC)NC(=O)c2c(Cl)c(Oc3ccccc3)c(Cl)c(Cl)c21. The van der Waals surface area contributed by atoms with Gasteiger partial charge >= 0.3 is 0 Å². The first-order valence-electron chi connectivity index (χ1n) is 6.81. The maximum atomic E-state index is 12.4. The predicted octanol–water partition coefficient (Wildman–Crippen LogP) is 4.59. The molecule has 0 atom stereocenters. The van der Waals surface area contributed by atoms with E-state index in [1.54, 1.807) is 24.3 Å². The Balaban J connectivity index is 2.21. The molecule has 0 unspecified atom stereocenters. The van der Waals surface area contributed by atoms with Crippen molar-refractivity contribution < 1.29 is 19.0 Å². The van der Waals surface area contributed by atoms with Gasteiger partial charge in [-0.1, -0.05) is 53.0 Å². The monoisotopic (exact) mass is 387 g/mol. The summed E-state index contributed by atoms with van der Waals surface area (Å²) in [6, 6.07) is 8.87. The van der Waals surface area contributed by atoms with E-state index in [2.05, 4.69) is 5.32 Å². The summed E-state index contributed by atoms with van der Waals surface area (Å²) in [5, 5.41) is 2.70. The summed E-state index contributed by atoms with van der Waals surface area (Å²) in [5.41, 5.74) is 0.315. The van der Waals surface area contributed by atoms with Crippen LogP contribution in [-0.4, -0.2) is 20.1 Å². The summed E-state index contributed by atoms with van der Waals surface area (Å²) < 4.78 is 16.3. The van der Waals surface area contributed by atoms with Crippen molar-refractivity contribution in [2.45, 2.75) is 5.91 Å². The smallest absolute Gasteiger partial charge is 0.282 e. The average molecular weight is 389 g/mol. The van der Waals surface area contributed by atoms with Crippen LogP contribution in [0, 0.1) is 0 Å². The van der Waals surface area contributed by atoms with Crippen molar-refractivity contribution in [1.82, 2.24) is 5.32 Å². The molecule has 1 aliphatic rings. The zero-order chi connectivity index (χ0) is 17.5. The Kier molecular flexibility index (Phi) is 4.64. The molecule has 24 heavy (non-hydrogen) atoms. The van der Waals surface area contributed by atoms with Crippen molar-refractivity contribution in [2.24, 2.45) is 0 Å². The average Bonchev–Trinajstić information content (AvgIpc) is 2.91. The molecule has 1 N–H and O–H groups in total. The number of hydrogen-bond donors (Lipinski definition) is 1. The van der Waals surface area contributed by atoms with Crippen LogP contribution in [0.2, 0.25) is 15.1 Å². The lowest BCUT2D eigenvalue weighted by Gasteiger charge is -2.27. The minimum Gasteiger partial charge on any atom is -0.454 e. The molecule has 0 bridgehead atoms. The van der Waals surface area contributed by atoms with E-state index in [1.807, 2.05) is 6.07 Å². The molecular weight excluding hydrogens is 377 g/mol. The van der Waals surface area contributed by atoms with Gasteiger partial charge in [0.25, 0.3) is 11.8 Å². The number of methoxy groups -OCH3 is 2. The van der Waals surface area contributed by atoms with Gasteiger partial charge in [0, 0.05) is 14.2 Å². The van der Waals surface area contributed by atoms with E-state index in [4.69, 9.17) is 49.0 Å². The summed E-state index contributed by atoms with van der Waals surface area (Å²) in [4.78, 5) is 12.4. The highest BCUT2D eigenvalue weighted by atomic mass is 35.5. The van der Waals surface area contributed by atoms with Crippen LogP contribution in [0.5, 0.6) is 11.5 Å². The lowest BCUT2D eigenvalue weighted by atomic mass is 10.1. The highest BCUT2D eigenvalue weighted by Crippen LogP contribution is 2.50. The number of benzene rings is 2. The zero-order valence-electron chi connectivity index (χ0n) is 12.7. The summed E-state index contributed by atoms with van der Waals surface area (Å²) in [6.45, 7) is 0. The predicted molar refractivity (Wildman–Crippen MR) is 91.2 cm³/mol. The van der Waals surface area contributed by atoms with Gasteiger partial charge in [-0.2, -0.15) is 0 Å². The molecule has 0 saturated heterocycles. The van der Waals surface area contributed by atoms with Crippen molar-refractivity contribution in [1.29, 1.82) is 0 Å². The minimum atomic E-state index is -1.55. The van der Waals surface area contributed by atoms with Gasteiger partial charge in [0.05, 0.1) is 21.2 Å². The van der Waals surface area contributed by atoms with Gasteiger partial charge in [-0.3, -0.25) is 10.1 Å². The molecule has 0 spiro atoms. The van der Waals surface area contributed by atoms with Gasteiger partial charge in [-0.05, 0) is 12.1 Å². The number of carbonyl (C=O) groups excluding carboxylic acids is 1. The van der Waals surface area contributed by atoms with Gasteiger partial charge in [0.2, 0.25) is 0 Å². The summed E-state index contributed by atoms with van der Waals surface area (Å²) in [7, 11) is 2.73. The van der Waals surface area contributed by atoms with Crippen molar-refractivity contribution in [3.8, 4) is 11.5 Å². The number of halogens is 3. The van der Waals surface area contributed by atoms with Gasteiger partial charge in [-0.25, -0.2) is 0 Å². The Morgan fingerprint density at radius 3 is 2.17 bits per heavy atom. The van der Waals surface area contributed by atoms with E-state index in [-0.39, 0.29) is 31.9 Å². The molecule has 3 rings (SSSR count). The van der Waals surface area contributed by atoms with E-state index in [9.17, 15) is 4.79 Å². The third-order valence-electron chi connectivity index (χ3n) is 3.65. The van der Waals surface area contributed by atoms with Gasteiger partial charge < -0.3 is 14.2 Å². The fourth-order valence-corrected chi connectivity index (χ4v) is 3.42. The molecule has 0 saturated carbocycles. The van der Waals surface area contributed by atoms with Crippen molar-refractivity contribution in [3.63, 3.8) is 0 Å². The van der Waals surface area contributed by atoms with E-state index in [0.29, 0.717) is 5.75 Å². The number of para-hydroxylation sites is 1. The second-order valence-electron chi connectivity index (χ2n) is 4.92. The number of carbonyl (C=O) groups is 1. The first kappa shape index (κ1) is 17.3. The Morgan fingerprint density at radius 1 is 0.958 bits per heavy atom. The van der Waals surface area contributed by atoms with Gasteiger partial charge in [-0.15, -0.1) is 0 Å². The molecule has 0 aliphatic carbocycles. The molecule has 2 aromatic rings. The molecule has 1 heterocycles. The van der Waals surface area contributed by atoms with Crippen molar-refractivity contribution in [2.75, 3.05) is 14.2 Å². The maximum Gasteiger partial charge on any atom is 0.282 e. The van der Waals surface area contributed by atoms with Crippen LogP contribution in [0.1, 0.15) is 15.9 Å². The topological polar surface area (TPSA) is 56.8 Å². The van der Waals surface area contributed by atoms with Crippen LogP contribution in [0.15, 0.2) is 30.3 Å². The first-order valence-corrected chi connectivity index (χ1v) is 7.95.